The van der Waals surface area contributed by atoms with Crippen LogP contribution in [0.15, 0.2) is 76.5 Å². The third kappa shape index (κ3) is 3.86. The molecule has 0 aliphatic carbocycles. The number of rotatable bonds is 3. The zero-order chi connectivity index (χ0) is 21.4. The van der Waals surface area contributed by atoms with Gasteiger partial charge in [0.25, 0.3) is 11.8 Å². The van der Waals surface area contributed by atoms with Gasteiger partial charge in [-0.2, -0.15) is 0 Å². The second-order valence-electron chi connectivity index (χ2n) is 8.16. The predicted molar refractivity (Wildman–Crippen MR) is 124 cm³/mol. The van der Waals surface area contributed by atoms with Crippen molar-refractivity contribution in [2.45, 2.75) is 36.1 Å². The van der Waals surface area contributed by atoms with Crippen molar-refractivity contribution < 1.29 is 9.59 Å². The van der Waals surface area contributed by atoms with E-state index in [0.717, 1.165) is 52.5 Å². The van der Waals surface area contributed by atoms with Crippen LogP contribution in [0.25, 0.3) is 0 Å². The quantitative estimate of drug-likeness (QED) is 0.550. The van der Waals surface area contributed by atoms with E-state index in [1.54, 1.807) is 11.8 Å². The van der Waals surface area contributed by atoms with Gasteiger partial charge in [0.15, 0.2) is 0 Å². The molecule has 4 nitrogen and oxygen atoms in total. The largest absolute Gasteiger partial charge is 0.339 e. The van der Waals surface area contributed by atoms with Gasteiger partial charge in [0.05, 0.1) is 17.8 Å². The van der Waals surface area contributed by atoms with Crippen LogP contribution < -0.4 is 4.90 Å². The Labute approximate surface area is 186 Å². The summed E-state index contributed by atoms with van der Waals surface area (Å²) in [5, 5.41) is 0. The van der Waals surface area contributed by atoms with Gasteiger partial charge in [0.1, 0.15) is 0 Å². The fourth-order valence-electron chi connectivity index (χ4n) is 4.31. The Morgan fingerprint density at radius 3 is 2.55 bits per heavy atom. The summed E-state index contributed by atoms with van der Waals surface area (Å²) in [6, 6.07) is 21.8. The van der Waals surface area contributed by atoms with Crippen molar-refractivity contribution >= 4 is 29.3 Å². The highest BCUT2D eigenvalue weighted by Gasteiger charge is 2.29. The Hall–Kier alpha value is -3.05. The molecular weight excluding hydrogens is 404 g/mol. The summed E-state index contributed by atoms with van der Waals surface area (Å²) in [6.45, 7) is 4.13. The second kappa shape index (κ2) is 8.23. The first-order chi connectivity index (χ1) is 15.1. The number of likely N-dealkylation sites (tertiary alicyclic amines) is 1. The fourth-order valence-corrected chi connectivity index (χ4v) is 5.36. The molecule has 2 heterocycles. The third-order valence-electron chi connectivity index (χ3n) is 5.90. The highest BCUT2D eigenvalue weighted by Crippen LogP contribution is 2.42. The van der Waals surface area contributed by atoms with Crippen LogP contribution in [-0.2, 0) is 6.54 Å². The summed E-state index contributed by atoms with van der Waals surface area (Å²) >= 11 is 1.59. The Morgan fingerprint density at radius 1 is 0.935 bits per heavy atom. The molecule has 5 heteroatoms. The smallest absolute Gasteiger partial charge is 0.259 e. The summed E-state index contributed by atoms with van der Waals surface area (Å²) in [4.78, 5) is 32.4. The van der Waals surface area contributed by atoms with Crippen LogP contribution in [0, 0.1) is 6.92 Å². The van der Waals surface area contributed by atoms with Crippen molar-refractivity contribution in [3.05, 3.63) is 89.0 Å². The molecular formula is C26H24N2O2S. The average Bonchev–Trinajstić information content (AvgIpc) is 3.29. The molecule has 0 saturated carbocycles. The number of aryl methyl sites for hydroxylation is 1. The normalized spacial score (nSPS) is 15.5. The molecule has 0 spiro atoms. The van der Waals surface area contributed by atoms with Crippen molar-refractivity contribution in [2.24, 2.45) is 0 Å². The lowest BCUT2D eigenvalue weighted by Gasteiger charge is -2.24. The molecule has 31 heavy (non-hydrogen) atoms. The lowest BCUT2D eigenvalue weighted by Crippen LogP contribution is -2.31. The van der Waals surface area contributed by atoms with E-state index in [2.05, 4.69) is 19.1 Å². The topological polar surface area (TPSA) is 40.6 Å². The summed E-state index contributed by atoms with van der Waals surface area (Å²) in [7, 11) is 0. The highest BCUT2D eigenvalue weighted by atomic mass is 32.2. The Kier molecular flexibility index (Phi) is 5.28. The van der Waals surface area contributed by atoms with E-state index in [9.17, 15) is 9.59 Å². The van der Waals surface area contributed by atoms with Crippen molar-refractivity contribution in [1.82, 2.24) is 4.90 Å². The molecule has 156 valence electrons. The number of hydrogen-bond acceptors (Lipinski definition) is 3. The molecule has 5 rings (SSSR count). The molecule has 3 aromatic rings. The predicted octanol–water partition coefficient (Wildman–Crippen LogP) is 5.54. The molecule has 3 aromatic carbocycles. The van der Waals surface area contributed by atoms with Gasteiger partial charge in [-0.3, -0.25) is 9.59 Å². The van der Waals surface area contributed by atoms with Gasteiger partial charge in [0.2, 0.25) is 0 Å². The molecule has 0 N–H and O–H groups in total. The zero-order valence-corrected chi connectivity index (χ0v) is 18.3. The lowest BCUT2D eigenvalue weighted by molar-refractivity contribution is 0.0792. The van der Waals surface area contributed by atoms with Gasteiger partial charge in [-0.1, -0.05) is 53.7 Å². The molecule has 0 radical (unpaired) electrons. The van der Waals surface area contributed by atoms with Crippen LogP contribution in [-0.4, -0.2) is 29.8 Å². The maximum Gasteiger partial charge on any atom is 0.259 e. The first-order valence-corrected chi connectivity index (χ1v) is 11.5. The summed E-state index contributed by atoms with van der Waals surface area (Å²) in [6.07, 6.45) is 2.11. The maximum atomic E-state index is 13.6. The summed E-state index contributed by atoms with van der Waals surface area (Å²) in [5.74, 6) is 0.0177. The minimum atomic E-state index is -0.0332. The van der Waals surface area contributed by atoms with Crippen LogP contribution in [0.3, 0.4) is 0 Å². The Balaban J connectivity index is 1.60. The van der Waals surface area contributed by atoms with Crippen molar-refractivity contribution in [1.29, 1.82) is 0 Å². The molecule has 1 fully saturated rings. The summed E-state index contributed by atoms with van der Waals surface area (Å²) in [5.41, 5.74) is 4.38. The van der Waals surface area contributed by atoms with E-state index in [-0.39, 0.29) is 11.8 Å². The van der Waals surface area contributed by atoms with E-state index in [4.69, 9.17) is 0 Å². The SMILES string of the molecule is Cc1cccc(CN2C(=O)c3ccccc3Sc3ccc(C(=O)N4CCCC4)cc32)c1. The first kappa shape index (κ1) is 19.9. The number of nitrogens with zero attached hydrogens (tertiary/aromatic N) is 2. The van der Waals surface area contributed by atoms with E-state index in [0.29, 0.717) is 17.7 Å². The average molecular weight is 429 g/mol. The maximum absolute atomic E-state index is 13.6. The molecule has 2 aliphatic heterocycles. The Morgan fingerprint density at radius 2 is 1.74 bits per heavy atom. The van der Waals surface area contributed by atoms with Gasteiger partial charge in [-0.25, -0.2) is 0 Å². The van der Waals surface area contributed by atoms with Gasteiger partial charge >= 0.3 is 0 Å². The second-order valence-corrected chi connectivity index (χ2v) is 9.24. The molecule has 2 aliphatic rings. The van der Waals surface area contributed by atoms with Gasteiger partial charge < -0.3 is 9.80 Å². The zero-order valence-electron chi connectivity index (χ0n) is 17.5. The fraction of sp³-hybridized carbons (Fsp3) is 0.231. The van der Waals surface area contributed by atoms with E-state index in [1.165, 1.54) is 0 Å². The molecule has 1 saturated heterocycles. The van der Waals surface area contributed by atoms with Gasteiger partial charge in [-0.15, -0.1) is 0 Å². The number of carbonyl (C=O) groups excluding carboxylic acids is 2. The molecule has 0 bridgehead atoms. The minimum Gasteiger partial charge on any atom is -0.339 e. The number of anilines is 1. The number of carbonyl (C=O) groups is 2. The number of amides is 2. The number of benzene rings is 3. The van der Waals surface area contributed by atoms with Gasteiger partial charge in [-0.05, 0) is 55.7 Å². The van der Waals surface area contributed by atoms with Crippen molar-refractivity contribution in [3.8, 4) is 0 Å². The van der Waals surface area contributed by atoms with E-state index in [1.807, 2.05) is 64.4 Å². The molecule has 2 amide bonds. The van der Waals surface area contributed by atoms with E-state index >= 15 is 0 Å². The monoisotopic (exact) mass is 428 g/mol. The minimum absolute atomic E-state index is 0.0332. The standard InChI is InChI=1S/C26H24N2O2S/c1-18-7-6-8-19(15-18)17-28-22-16-20(25(29)27-13-4-5-14-27)11-12-24(22)31-23-10-3-2-9-21(23)26(28)30/h2-3,6-12,15-16H,4-5,13-14,17H2,1H3. The number of fused-ring (bicyclic) bond motifs is 2. The first-order valence-electron chi connectivity index (χ1n) is 10.7. The third-order valence-corrected chi connectivity index (χ3v) is 7.04. The number of hydrogen-bond donors (Lipinski definition) is 0. The molecule has 0 atom stereocenters. The van der Waals surface area contributed by atoms with Crippen LogP contribution >= 0.6 is 11.8 Å². The van der Waals surface area contributed by atoms with Crippen molar-refractivity contribution in [2.75, 3.05) is 18.0 Å². The Bertz CT molecular complexity index is 1170. The van der Waals surface area contributed by atoms with Crippen molar-refractivity contribution in [3.63, 3.8) is 0 Å². The van der Waals surface area contributed by atoms with Crippen LogP contribution in [0.5, 0.6) is 0 Å². The molecule has 0 aromatic heterocycles. The van der Waals surface area contributed by atoms with E-state index < -0.39 is 0 Å². The van der Waals surface area contributed by atoms with Crippen LogP contribution in [0.1, 0.15) is 44.7 Å². The van der Waals surface area contributed by atoms with Crippen LogP contribution in [0.2, 0.25) is 0 Å². The molecule has 0 unspecified atom stereocenters. The highest BCUT2D eigenvalue weighted by molar-refractivity contribution is 7.99. The van der Waals surface area contributed by atoms with Gasteiger partial charge in [0, 0.05) is 28.4 Å². The lowest BCUT2D eigenvalue weighted by atomic mass is 10.1. The van der Waals surface area contributed by atoms with Crippen LogP contribution in [0.4, 0.5) is 5.69 Å². The summed E-state index contributed by atoms with van der Waals surface area (Å²) < 4.78 is 0.